The Morgan fingerprint density at radius 3 is 2.52 bits per heavy atom. The summed E-state index contributed by atoms with van der Waals surface area (Å²) in [6.45, 7) is 2.26. The summed E-state index contributed by atoms with van der Waals surface area (Å²) < 4.78 is 5.96. The summed E-state index contributed by atoms with van der Waals surface area (Å²) >= 11 is 6.14. The van der Waals surface area contributed by atoms with Crippen LogP contribution < -0.4 is 15.4 Å². The lowest BCUT2D eigenvalue weighted by Gasteiger charge is -2.21. The molecule has 3 rings (SSSR count). The number of halogens is 1. The second kappa shape index (κ2) is 8.14. The SMILES string of the molecule is Cc1cc(C(=O)N(C)c2ccc(Cl)cc2OCc2ccccc2)ccc1N. The lowest BCUT2D eigenvalue weighted by atomic mass is 10.1. The normalized spacial score (nSPS) is 10.5. The minimum Gasteiger partial charge on any atom is -0.487 e. The van der Waals surface area contributed by atoms with Gasteiger partial charge in [-0.1, -0.05) is 41.9 Å². The van der Waals surface area contributed by atoms with Gasteiger partial charge in [0.2, 0.25) is 0 Å². The number of aryl methyl sites for hydroxylation is 1. The summed E-state index contributed by atoms with van der Waals surface area (Å²) in [5, 5.41) is 0.547. The first-order valence-electron chi connectivity index (χ1n) is 8.56. The molecule has 0 aliphatic heterocycles. The third kappa shape index (κ3) is 4.41. The van der Waals surface area contributed by atoms with E-state index in [9.17, 15) is 4.79 Å². The molecule has 0 aromatic heterocycles. The first-order chi connectivity index (χ1) is 13.0. The van der Waals surface area contributed by atoms with Crippen molar-refractivity contribution in [2.45, 2.75) is 13.5 Å². The Morgan fingerprint density at radius 1 is 1.07 bits per heavy atom. The molecule has 0 bridgehead atoms. The smallest absolute Gasteiger partial charge is 0.258 e. The van der Waals surface area contributed by atoms with Crippen LogP contribution in [0.25, 0.3) is 0 Å². The molecular formula is C22H21ClN2O2. The van der Waals surface area contributed by atoms with Crippen LogP contribution in [0.4, 0.5) is 11.4 Å². The zero-order chi connectivity index (χ0) is 19.4. The van der Waals surface area contributed by atoms with Crippen molar-refractivity contribution >= 4 is 28.9 Å². The van der Waals surface area contributed by atoms with Gasteiger partial charge in [-0.2, -0.15) is 0 Å². The van der Waals surface area contributed by atoms with Crippen LogP contribution in [-0.2, 0) is 6.61 Å². The van der Waals surface area contributed by atoms with Crippen molar-refractivity contribution < 1.29 is 9.53 Å². The monoisotopic (exact) mass is 380 g/mol. The molecule has 0 spiro atoms. The number of nitrogens with two attached hydrogens (primary N) is 1. The summed E-state index contributed by atoms with van der Waals surface area (Å²) in [6.07, 6.45) is 0. The summed E-state index contributed by atoms with van der Waals surface area (Å²) in [6, 6.07) is 20.3. The second-order valence-corrected chi connectivity index (χ2v) is 6.76. The third-order valence-corrected chi connectivity index (χ3v) is 4.58. The highest BCUT2D eigenvalue weighted by atomic mass is 35.5. The van der Waals surface area contributed by atoms with Crippen LogP contribution in [0, 0.1) is 6.92 Å². The van der Waals surface area contributed by atoms with Crippen LogP contribution >= 0.6 is 11.6 Å². The standard InChI is InChI=1S/C22H21ClN2O2/c1-15-12-17(8-10-19(15)24)22(26)25(2)20-11-9-18(23)13-21(20)27-14-16-6-4-3-5-7-16/h3-13H,14,24H2,1-2H3. The van der Waals surface area contributed by atoms with Crippen molar-refractivity contribution in [1.29, 1.82) is 0 Å². The molecule has 2 N–H and O–H groups in total. The highest BCUT2D eigenvalue weighted by Crippen LogP contribution is 2.32. The number of anilines is 2. The molecular weight excluding hydrogens is 360 g/mol. The van der Waals surface area contributed by atoms with E-state index in [0.29, 0.717) is 34.3 Å². The molecule has 0 aliphatic carbocycles. The molecule has 3 aromatic rings. The summed E-state index contributed by atoms with van der Waals surface area (Å²) in [5.74, 6) is 0.402. The van der Waals surface area contributed by atoms with E-state index in [-0.39, 0.29) is 5.91 Å². The number of benzene rings is 3. The van der Waals surface area contributed by atoms with E-state index >= 15 is 0 Å². The zero-order valence-electron chi connectivity index (χ0n) is 15.3. The van der Waals surface area contributed by atoms with Gasteiger partial charge < -0.3 is 15.4 Å². The molecule has 3 aromatic carbocycles. The van der Waals surface area contributed by atoms with E-state index in [4.69, 9.17) is 22.1 Å². The Kier molecular flexibility index (Phi) is 5.67. The van der Waals surface area contributed by atoms with Gasteiger partial charge in [-0.3, -0.25) is 4.79 Å². The fraction of sp³-hybridized carbons (Fsp3) is 0.136. The van der Waals surface area contributed by atoms with Gasteiger partial charge in [-0.05, 0) is 48.4 Å². The van der Waals surface area contributed by atoms with Crippen LogP contribution in [-0.4, -0.2) is 13.0 Å². The highest BCUT2D eigenvalue weighted by Gasteiger charge is 2.18. The Balaban J connectivity index is 1.86. The number of hydrogen-bond donors (Lipinski definition) is 1. The molecule has 0 saturated carbocycles. The Hall–Kier alpha value is -2.98. The minimum absolute atomic E-state index is 0.148. The van der Waals surface area contributed by atoms with Gasteiger partial charge >= 0.3 is 0 Å². The molecule has 0 unspecified atom stereocenters. The maximum Gasteiger partial charge on any atom is 0.258 e. The van der Waals surface area contributed by atoms with E-state index in [0.717, 1.165) is 11.1 Å². The van der Waals surface area contributed by atoms with Crippen LogP contribution in [0.2, 0.25) is 5.02 Å². The highest BCUT2D eigenvalue weighted by molar-refractivity contribution is 6.30. The van der Waals surface area contributed by atoms with E-state index < -0.39 is 0 Å². The number of rotatable bonds is 5. The van der Waals surface area contributed by atoms with Crippen molar-refractivity contribution in [1.82, 2.24) is 0 Å². The van der Waals surface area contributed by atoms with E-state index in [1.165, 1.54) is 0 Å². The molecule has 0 atom stereocenters. The first-order valence-corrected chi connectivity index (χ1v) is 8.94. The van der Waals surface area contributed by atoms with Crippen molar-refractivity contribution in [3.8, 4) is 5.75 Å². The van der Waals surface area contributed by atoms with Crippen LogP contribution in [0.15, 0.2) is 66.7 Å². The molecule has 27 heavy (non-hydrogen) atoms. The molecule has 0 heterocycles. The zero-order valence-corrected chi connectivity index (χ0v) is 16.0. The molecule has 0 radical (unpaired) electrons. The van der Waals surface area contributed by atoms with Gasteiger partial charge in [-0.15, -0.1) is 0 Å². The van der Waals surface area contributed by atoms with Crippen LogP contribution in [0.5, 0.6) is 5.75 Å². The largest absolute Gasteiger partial charge is 0.487 e. The molecule has 5 heteroatoms. The summed E-state index contributed by atoms with van der Waals surface area (Å²) in [4.78, 5) is 14.5. The first kappa shape index (κ1) is 18.8. The molecule has 0 aliphatic rings. The Morgan fingerprint density at radius 2 is 1.81 bits per heavy atom. The number of ether oxygens (including phenoxy) is 1. The molecule has 0 fully saturated rings. The summed E-state index contributed by atoms with van der Waals surface area (Å²) in [7, 11) is 1.71. The van der Waals surface area contributed by atoms with Gasteiger partial charge in [-0.25, -0.2) is 0 Å². The van der Waals surface area contributed by atoms with Crippen molar-refractivity contribution in [2.75, 3.05) is 17.7 Å². The number of hydrogen-bond acceptors (Lipinski definition) is 3. The molecule has 4 nitrogen and oxygen atoms in total. The maximum absolute atomic E-state index is 12.9. The average molecular weight is 381 g/mol. The predicted molar refractivity (Wildman–Crippen MR) is 111 cm³/mol. The van der Waals surface area contributed by atoms with Crippen LogP contribution in [0.3, 0.4) is 0 Å². The second-order valence-electron chi connectivity index (χ2n) is 6.32. The van der Waals surface area contributed by atoms with Crippen LogP contribution in [0.1, 0.15) is 21.5 Å². The number of nitrogens with zero attached hydrogens (tertiary/aromatic N) is 1. The van der Waals surface area contributed by atoms with Gasteiger partial charge in [0.05, 0.1) is 5.69 Å². The maximum atomic E-state index is 12.9. The lowest BCUT2D eigenvalue weighted by Crippen LogP contribution is -2.26. The number of carbonyl (C=O) groups is 1. The number of nitrogen functional groups attached to an aromatic ring is 1. The fourth-order valence-electron chi connectivity index (χ4n) is 2.73. The van der Waals surface area contributed by atoms with Crippen molar-refractivity contribution in [3.05, 3.63) is 88.4 Å². The van der Waals surface area contributed by atoms with E-state index in [2.05, 4.69) is 0 Å². The fourth-order valence-corrected chi connectivity index (χ4v) is 2.89. The predicted octanol–water partition coefficient (Wildman–Crippen LogP) is 5.09. The van der Waals surface area contributed by atoms with Gasteiger partial charge in [0.15, 0.2) is 0 Å². The van der Waals surface area contributed by atoms with Crippen molar-refractivity contribution in [3.63, 3.8) is 0 Å². The molecule has 138 valence electrons. The van der Waals surface area contributed by atoms with E-state index in [1.807, 2.05) is 37.3 Å². The third-order valence-electron chi connectivity index (χ3n) is 4.34. The number of carbonyl (C=O) groups excluding carboxylic acids is 1. The lowest BCUT2D eigenvalue weighted by molar-refractivity contribution is 0.0992. The quantitative estimate of drug-likeness (QED) is 0.627. The Labute approximate surface area is 164 Å². The van der Waals surface area contributed by atoms with Gasteiger partial charge in [0.1, 0.15) is 12.4 Å². The average Bonchev–Trinajstić information content (AvgIpc) is 2.68. The number of amides is 1. The van der Waals surface area contributed by atoms with E-state index in [1.54, 1.807) is 48.3 Å². The van der Waals surface area contributed by atoms with Crippen molar-refractivity contribution in [2.24, 2.45) is 0 Å². The molecule has 0 saturated heterocycles. The Bertz CT molecular complexity index is 958. The summed E-state index contributed by atoms with van der Waals surface area (Å²) in [5.41, 5.74) is 9.62. The van der Waals surface area contributed by atoms with Gasteiger partial charge in [0.25, 0.3) is 5.91 Å². The minimum atomic E-state index is -0.148. The topological polar surface area (TPSA) is 55.6 Å². The molecule has 1 amide bonds. The van der Waals surface area contributed by atoms with Gasteiger partial charge in [0, 0.05) is 29.4 Å².